The first-order chi connectivity index (χ1) is 26.8. The molecule has 3 N–H and O–H groups in total. The molecule has 0 bridgehead atoms. The van der Waals surface area contributed by atoms with Gasteiger partial charge in [-0.1, -0.05) is 193 Å². The average Bonchev–Trinajstić information content (AvgIpc) is 3.18. The highest BCUT2D eigenvalue weighted by molar-refractivity contribution is 7.47. The summed E-state index contributed by atoms with van der Waals surface area (Å²) in [6, 6.07) is 0. The number of ether oxygens (including phenoxy) is 2. The molecule has 3 atom stereocenters. The number of hydrogen-bond donors (Lipinski definition) is 3. The van der Waals surface area contributed by atoms with E-state index in [-0.39, 0.29) is 25.6 Å². The van der Waals surface area contributed by atoms with E-state index in [1.807, 2.05) is 0 Å². The number of phosphoric acid groups is 1. The third-order valence-electron chi connectivity index (χ3n) is 10.2. The number of aliphatic hydroxyl groups excluding tert-OH is 2. The summed E-state index contributed by atoms with van der Waals surface area (Å²) >= 11 is 0. The Labute approximate surface area is 339 Å². The van der Waals surface area contributed by atoms with Gasteiger partial charge in [0.15, 0.2) is 0 Å². The van der Waals surface area contributed by atoms with Crippen LogP contribution in [0.1, 0.15) is 226 Å². The van der Waals surface area contributed by atoms with E-state index in [0.29, 0.717) is 6.61 Å². The lowest BCUT2D eigenvalue weighted by atomic mass is 10.0. The summed E-state index contributed by atoms with van der Waals surface area (Å²) in [4.78, 5) is 22.6. The van der Waals surface area contributed by atoms with E-state index in [1.54, 1.807) is 0 Å². The van der Waals surface area contributed by atoms with Gasteiger partial charge >= 0.3 is 13.8 Å². The van der Waals surface area contributed by atoms with Crippen LogP contribution >= 0.6 is 7.82 Å². The topological polar surface area (TPSA) is 132 Å². The molecule has 9 nitrogen and oxygen atoms in total. The summed E-state index contributed by atoms with van der Waals surface area (Å²) in [5.41, 5.74) is 0. The minimum atomic E-state index is -4.51. The van der Waals surface area contributed by atoms with Crippen molar-refractivity contribution in [3.05, 3.63) is 12.2 Å². The summed E-state index contributed by atoms with van der Waals surface area (Å²) in [7, 11) is -4.51. The Morgan fingerprint density at radius 3 is 1.36 bits per heavy atom. The van der Waals surface area contributed by atoms with Gasteiger partial charge in [-0.05, 0) is 38.5 Å². The second kappa shape index (κ2) is 42.8. The van der Waals surface area contributed by atoms with Crippen LogP contribution in [0.3, 0.4) is 0 Å². The van der Waals surface area contributed by atoms with E-state index in [4.69, 9.17) is 23.6 Å². The number of aliphatic hydroxyl groups is 2. The first-order valence-corrected chi connectivity index (χ1v) is 24.7. The van der Waals surface area contributed by atoms with Gasteiger partial charge in [-0.2, -0.15) is 0 Å². The molecule has 0 aromatic rings. The Balaban J connectivity index is 4.07. The zero-order valence-corrected chi connectivity index (χ0v) is 36.8. The van der Waals surface area contributed by atoms with Crippen molar-refractivity contribution in [2.45, 2.75) is 238 Å². The van der Waals surface area contributed by atoms with Crippen molar-refractivity contribution in [2.24, 2.45) is 0 Å². The molecule has 0 aromatic heterocycles. The summed E-state index contributed by atoms with van der Waals surface area (Å²) in [5.74, 6) is -0.380. The summed E-state index contributed by atoms with van der Waals surface area (Å²) in [6.45, 7) is 3.56. The molecular weight excluding hydrogens is 715 g/mol. The van der Waals surface area contributed by atoms with Gasteiger partial charge in [0, 0.05) is 13.0 Å². The first kappa shape index (κ1) is 54.2. The molecule has 3 unspecified atom stereocenters. The molecular formula is C45H89O9P. The van der Waals surface area contributed by atoms with Crippen molar-refractivity contribution in [1.29, 1.82) is 0 Å². The minimum absolute atomic E-state index is 0.0544. The van der Waals surface area contributed by atoms with E-state index in [9.17, 15) is 19.4 Å². The third kappa shape index (κ3) is 42.6. The molecule has 0 rings (SSSR count). The van der Waals surface area contributed by atoms with Crippen LogP contribution in [0.2, 0.25) is 0 Å². The number of allylic oxidation sites excluding steroid dienone is 2. The number of hydrogen-bond acceptors (Lipinski definition) is 8. The molecule has 0 aliphatic carbocycles. The van der Waals surface area contributed by atoms with Crippen molar-refractivity contribution in [3.8, 4) is 0 Å². The third-order valence-corrected chi connectivity index (χ3v) is 11.2. The molecule has 0 aromatic carbocycles. The van der Waals surface area contributed by atoms with Crippen molar-refractivity contribution >= 4 is 13.8 Å². The smallest absolute Gasteiger partial charge is 0.457 e. The summed E-state index contributed by atoms with van der Waals surface area (Å²) in [5, 5.41) is 18.4. The molecule has 55 heavy (non-hydrogen) atoms. The Bertz CT molecular complexity index is 871. The molecule has 0 saturated heterocycles. The largest absolute Gasteiger partial charge is 0.472 e. The zero-order valence-electron chi connectivity index (χ0n) is 35.9. The van der Waals surface area contributed by atoms with E-state index in [1.165, 1.54) is 173 Å². The zero-order chi connectivity index (χ0) is 40.3. The minimum Gasteiger partial charge on any atom is -0.457 e. The van der Waals surface area contributed by atoms with Gasteiger partial charge < -0.3 is 24.6 Å². The second-order valence-electron chi connectivity index (χ2n) is 15.8. The van der Waals surface area contributed by atoms with E-state index in [2.05, 4.69) is 26.0 Å². The van der Waals surface area contributed by atoms with Crippen molar-refractivity contribution in [3.63, 3.8) is 0 Å². The van der Waals surface area contributed by atoms with Gasteiger partial charge in [0.1, 0.15) is 12.2 Å². The standard InChI is InChI=1S/C45H89O9P/c1-3-5-7-9-11-13-15-17-18-19-20-21-22-23-24-25-27-29-31-33-35-37-45(48)54-44(42-53-55(49,50)52-40-43(47)39-46)41-51-38-36-34-32-30-28-26-16-14-12-10-8-6-4-2/h19-20,43-44,46-47H,3-18,21-42H2,1-2H3,(H,49,50)/b20-19-. The number of unbranched alkanes of at least 4 members (excludes halogenated alkanes) is 29. The van der Waals surface area contributed by atoms with Crippen LogP contribution in [-0.4, -0.2) is 66.3 Å². The SMILES string of the molecule is CCCCCCCCCC/C=C\CCCCCCCCCCCC(=O)OC(COCCCCCCCCCCCCCCC)COP(=O)(O)OCC(O)CO. The van der Waals surface area contributed by atoms with Gasteiger partial charge in [-0.15, -0.1) is 0 Å². The Morgan fingerprint density at radius 2 is 0.927 bits per heavy atom. The Morgan fingerprint density at radius 1 is 0.545 bits per heavy atom. The molecule has 0 fully saturated rings. The Hall–Kier alpha value is -0.800. The van der Waals surface area contributed by atoms with Gasteiger partial charge in [0.05, 0.1) is 26.4 Å². The lowest BCUT2D eigenvalue weighted by Gasteiger charge is -2.20. The molecule has 10 heteroatoms. The van der Waals surface area contributed by atoms with Gasteiger partial charge in [0.2, 0.25) is 0 Å². The van der Waals surface area contributed by atoms with Crippen LogP contribution in [0.15, 0.2) is 12.2 Å². The van der Waals surface area contributed by atoms with Crippen molar-refractivity contribution in [1.82, 2.24) is 0 Å². The van der Waals surface area contributed by atoms with Crippen molar-refractivity contribution < 1.29 is 43.0 Å². The highest BCUT2D eigenvalue weighted by Gasteiger charge is 2.26. The maximum absolute atomic E-state index is 12.6. The average molecular weight is 805 g/mol. The second-order valence-corrected chi connectivity index (χ2v) is 17.2. The van der Waals surface area contributed by atoms with Crippen LogP contribution < -0.4 is 0 Å². The summed E-state index contributed by atoms with van der Waals surface area (Å²) in [6.07, 6.45) is 43.1. The predicted molar refractivity (Wildman–Crippen MR) is 228 cm³/mol. The normalized spacial score (nSPS) is 14.1. The molecule has 0 amide bonds. The fourth-order valence-corrected chi connectivity index (χ4v) is 7.44. The molecule has 0 radical (unpaired) electrons. The molecule has 328 valence electrons. The van der Waals surface area contributed by atoms with Gasteiger partial charge in [0.25, 0.3) is 0 Å². The lowest BCUT2D eigenvalue weighted by molar-refractivity contribution is -0.154. The van der Waals surface area contributed by atoms with Crippen LogP contribution in [0.4, 0.5) is 0 Å². The first-order valence-electron chi connectivity index (χ1n) is 23.2. The number of phosphoric ester groups is 1. The van der Waals surface area contributed by atoms with Crippen molar-refractivity contribution in [2.75, 3.05) is 33.0 Å². The highest BCUT2D eigenvalue weighted by atomic mass is 31.2. The van der Waals surface area contributed by atoms with Gasteiger partial charge in [-0.25, -0.2) is 4.57 Å². The molecule has 0 aliphatic heterocycles. The number of carbonyl (C=O) groups excluding carboxylic acids is 1. The highest BCUT2D eigenvalue weighted by Crippen LogP contribution is 2.43. The van der Waals surface area contributed by atoms with Crippen LogP contribution in [-0.2, 0) is 27.9 Å². The fraction of sp³-hybridized carbons (Fsp3) is 0.933. The van der Waals surface area contributed by atoms with Crippen LogP contribution in [0.5, 0.6) is 0 Å². The maximum Gasteiger partial charge on any atom is 0.472 e. The Kier molecular flexibility index (Phi) is 42.2. The quantitative estimate of drug-likeness (QED) is 0.0238. The number of esters is 1. The van der Waals surface area contributed by atoms with E-state index < -0.39 is 33.2 Å². The van der Waals surface area contributed by atoms with E-state index >= 15 is 0 Å². The number of rotatable bonds is 45. The van der Waals surface area contributed by atoms with Crippen LogP contribution in [0, 0.1) is 0 Å². The molecule has 0 heterocycles. The predicted octanol–water partition coefficient (Wildman–Crippen LogP) is 12.9. The molecule has 0 spiro atoms. The molecule has 0 saturated carbocycles. The number of carbonyl (C=O) groups is 1. The van der Waals surface area contributed by atoms with E-state index in [0.717, 1.165) is 32.1 Å². The maximum atomic E-state index is 12.6. The van der Waals surface area contributed by atoms with Gasteiger partial charge in [-0.3, -0.25) is 13.8 Å². The fourth-order valence-electron chi connectivity index (χ4n) is 6.65. The lowest BCUT2D eigenvalue weighted by Crippen LogP contribution is -2.29. The monoisotopic (exact) mass is 805 g/mol. The molecule has 0 aliphatic rings. The summed E-state index contributed by atoms with van der Waals surface area (Å²) < 4.78 is 33.4. The van der Waals surface area contributed by atoms with Crippen LogP contribution in [0.25, 0.3) is 0 Å².